The van der Waals surface area contributed by atoms with Gasteiger partial charge in [0, 0.05) is 45.8 Å². The van der Waals surface area contributed by atoms with Gasteiger partial charge in [-0.15, -0.1) is 0 Å². The minimum absolute atomic E-state index is 0.483. The highest BCUT2D eigenvalue weighted by atomic mass is 15.3. The van der Waals surface area contributed by atoms with Crippen LogP contribution in [0.2, 0.25) is 0 Å². The maximum Gasteiger partial charge on any atom is 0.191 e. The summed E-state index contributed by atoms with van der Waals surface area (Å²) in [5.74, 6) is 1.79. The van der Waals surface area contributed by atoms with Gasteiger partial charge < -0.3 is 20.4 Å². The fraction of sp³-hybridized carbons (Fsp3) is 0.955. The highest BCUT2D eigenvalue weighted by Gasteiger charge is 2.37. The van der Waals surface area contributed by atoms with Crippen LogP contribution < -0.4 is 10.6 Å². The number of nitrogens with one attached hydrogen (secondary N) is 2. The summed E-state index contributed by atoms with van der Waals surface area (Å²) < 4.78 is 0. The summed E-state index contributed by atoms with van der Waals surface area (Å²) in [4.78, 5) is 10.1. The van der Waals surface area contributed by atoms with Gasteiger partial charge in [0.1, 0.15) is 0 Å². The first-order valence-corrected chi connectivity index (χ1v) is 11.5. The lowest BCUT2D eigenvalue weighted by Gasteiger charge is -2.42. The second-order valence-corrected chi connectivity index (χ2v) is 9.06. The van der Waals surface area contributed by atoms with Crippen LogP contribution >= 0.6 is 0 Å². The molecule has 2 N–H and O–H groups in total. The Morgan fingerprint density at radius 3 is 2.26 bits per heavy atom. The molecule has 0 unspecified atom stereocenters. The maximum absolute atomic E-state index is 4.94. The molecule has 0 aromatic carbocycles. The molecule has 1 aliphatic heterocycles. The van der Waals surface area contributed by atoms with Gasteiger partial charge in [-0.1, -0.05) is 27.2 Å². The number of rotatable bonds is 11. The topological polar surface area (TPSA) is 42.9 Å². The van der Waals surface area contributed by atoms with E-state index in [-0.39, 0.29) is 0 Å². The quantitative estimate of drug-likeness (QED) is 0.329. The maximum atomic E-state index is 4.94. The van der Waals surface area contributed by atoms with E-state index in [2.05, 4.69) is 48.1 Å². The molecule has 0 atom stereocenters. The Hall–Kier alpha value is -0.810. The Morgan fingerprint density at radius 1 is 1.00 bits per heavy atom. The third-order valence-corrected chi connectivity index (χ3v) is 6.28. The normalized spacial score (nSPS) is 21.3. The van der Waals surface area contributed by atoms with E-state index in [0.29, 0.717) is 5.41 Å². The molecule has 0 aromatic rings. The highest BCUT2D eigenvalue weighted by molar-refractivity contribution is 5.79. The largest absolute Gasteiger partial charge is 0.357 e. The molecule has 1 saturated carbocycles. The van der Waals surface area contributed by atoms with E-state index in [1.54, 1.807) is 0 Å². The van der Waals surface area contributed by atoms with Gasteiger partial charge in [-0.25, -0.2) is 0 Å². The Labute approximate surface area is 168 Å². The van der Waals surface area contributed by atoms with Crippen molar-refractivity contribution in [2.24, 2.45) is 16.3 Å². The summed E-state index contributed by atoms with van der Waals surface area (Å²) in [6.45, 7) is 19.4. The van der Waals surface area contributed by atoms with E-state index >= 15 is 0 Å². The first-order valence-electron chi connectivity index (χ1n) is 11.5. The van der Waals surface area contributed by atoms with Crippen LogP contribution in [-0.2, 0) is 0 Å². The molecular weight excluding hydrogens is 334 g/mol. The average molecular weight is 380 g/mol. The van der Waals surface area contributed by atoms with Crippen molar-refractivity contribution in [3.05, 3.63) is 0 Å². The number of guanidine groups is 1. The van der Waals surface area contributed by atoms with E-state index in [4.69, 9.17) is 4.99 Å². The van der Waals surface area contributed by atoms with Crippen LogP contribution in [0.3, 0.4) is 0 Å². The molecule has 2 fully saturated rings. The summed E-state index contributed by atoms with van der Waals surface area (Å²) in [5, 5.41) is 6.99. The van der Waals surface area contributed by atoms with Crippen LogP contribution in [0, 0.1) is 11.3 Å². The number of nitrogens with zero attached hydrogens (tertiary/aromatic N) is 3. The Balaban J connectivity index is 1.64. The predicted octanol–water partition coefficient (Wildman–Crippen LogP) is 3.18. The van der Waals surface area contributed by atoms with Gasteiger partial charge in [0.25, 0.3) is 0 Å². The summed E-state index contributed by atoms with van der Waals surface area (Å²) in [6, 6.07) is 0. The minimum atomic E-state index is 0.483. The third-order valence-electron chi connectivity index (χ3n) is 6.28. The minimum Gasteiger partial charge on any atom is -0.357 e. The zero-order valence-electron chi connectivity index (χ0n) is 18.5. The summed E-state index contributed by atoms with van der Waals surface area (Å²) >= 11 is 0. The van der Waals surface area contributed by atoms with Crippen molar-refractivity contribution in [1.29, 1.82) is 0 Å². The molecule has 158 valence electrons. The molecule has 27 heavy (non-hydrogen) atoms. The molecule has 1 heterocycles. The van der Waals surface area contributed by atoms with E-state index in [9.17, 15) is 0 Å². The van der Waals surface area contributed by atoms with E-state index in [1.165, 1.54) is 77.8 Å². The van der Waals surface area contributed by atoms with Crippen LogP contribution in [0.25, 0.3) is 0 Å². The smallest absolute Gasteiger partial charge is 0.191 e. The van der Waals surface area contributed by atoms with Crippen molar-refractivity contribution in [3.8, 4) is 0 Å². The summed E-state index contributed by atoms with van der Waals surface area (Å²) in [6.07, 6.45) is 7.92. The Kier molecular flexibility index (Phi) is 9.91. The number of hydrogen-bond acceptors (Lipinski definition) is 3. The van der Waals surface area contributed by atoms with Crippen molar-refractivity contribution in [2.75, 3.05) is 58.9 Å². The van der Waals surface area contributed by atoms with Crippen molar-refractivity contribution < 1.29 is 0 Å². The van der Waals surface area contributed by atoms with Crippen LogP contribution in [-0.4, -0.2) is 74.7 Å². The lowest BCUT2D eigenvalue weighted by molar-refractivity contribution is 0.111. The fourth-order valence-corrected chi connectivity index (χ4v) is 4.55. The second-order valence-electron chi connectivity index (χ2n) is 9.06. The van der Waals surface area contributed by atoms with Crippen molar-refractivity contribution in [1.82, 2.24) is 20.4 Å². The van der Waals surface area contributed by atoms with E-state index < -0.39 is 0 Å². The zero-order valence-corrected chi connectivity index (χ0v) is 18.5. The molecular formula is C22H45N5. The SMILES string of the molecule is CCNC(=NCC1(CC(C)C)CCC1)NCCCCN1CCN(CC)CC1. The monoisotopic (exact) mass is 379 g/mol. The molecule has 5 nitrogen and oxygen atoms in total. The molecule has 0 amide bonds. The van der Waals surface area contributed by atoms with Crippen molar-refractivity contribution in [3.63, 3.8) is 0 Å². The van der Waals surface area contributed by atoms with Gasteiger partial charge in [0.15, 0.2) is 5.96 Å². The third kappa shape index (κ3) is 7.98. The summed E-state index contributed by atoms with van der Waals surface area (Å²) in [7, 11) is 0. The van der Waals surface area contributed by atoms with Crippen LogP contribution in [0.15, 0.2) is 4.99 Å². The number of piperazine rings is 1. The predicted molar refractivity (Wildman–Crippen MR) is 118 cm³/mol. The lowest BCUT2D eigenvalue weighted by Crippen LogP contribution is -2.46. The first kappa shape index (κ1) is 22.5. The van der Waals surface area contributed by atoms with Crippen LogP contribution in [0.1, 0.15) is 66.2 Å². The molecule has 0 bridgehead atoms. The van der Waals surface area contributed by atoms with E-state index in [0.717, 1.165) is 31.5 Å². The summed E-state index contributed by atoms with van der Waals surface area (Å²) in [5.41, 5.74) is 0.483. The average Bonchev–Trinajstić information content (AvgIpc) is 2.63. The molecule has 0 aromatic heterocycles. The van der Waals surface area contributed by atoms with Gasteiger partial charge in [0.05, 0.1) is 0 Å². The second kappa shape index (κ2) is 11.9. The Morgan fingerprint density at radius 2 is 1.70 bits per heavy atom. The van der Waals surface area contributed by atoms with Gasteiger partial charge in [-0.05, 0) is 63.5 Å². The highest BCUT2D eigenvalue weighted by Crippen LogP contribution is 2.46. The molecule has 2 aliphatic rings. The number of unbranched alkanes of at least 4 members (excludes halogenated alkanes) is 1. The Bertz CT molecular complexity index is 422. The van der Waals surface area contributed by atoms with Gasteiger partial charge in [-0.3, -0.25) is 4.99 Å². The fourth-order valence-electron chi connectivity index (χ4n) is 4.55. The van der Waals surface area contributed by atoms with Crippen molar-refractivity contribution in [2.45, 2.75) is 66.2 Å². The number of aliphatic imine (C=N–C) groups is 1. The van der Waals surface area contributed by atoms with Crippen molar-refractivity contribution >= 4 is 5.96 Å². The molecule has 0 spiro atoms. The zero-order chi connectivity index (χ0) is 19.5. The first-order chi connectivity index (χ1) is 13.1. The van der Waals surface area contributed by atoms with E-state index in [1.807, 2.05) is 0 Å². The standard InChI is InChI=1S/C22H45N5/c1-5-23-21(25-19-22(10-9-11-22)18-20(3)4)24-12-7-8-13-27-16-14-26(6-2)15-17-27/h20H,5-19H2,1-4H3,(H2,23,24,25). The lowest BCUT2D eigenvalue weighted by atomic mass is 9.64. The van der Waals surface area contributed by atoms with Crippen LogP contribution in [0.5, 0.6) is 0 Å². The number of hydrogen-bond donors (Lipinski definition) is 2. The molecule has 2 rings (SSSR count). The molecule has 1 aliphatic carbocycles. The van der Waals surface area contributed by atoms with Gasteiger partial charge >= 0.3 is 0 Å². The van der Waals surface area contributed by atoms with Gasteiger partial charge in [0.2, 0.25) is 0 Å². The van der Waals surface area contributed by atoms with Crippen LogP contribution in [0.4, 0.5) is 0 Å². The van der Waals surface area contributed by atoms with Gasteiger partial charge in [-0.2, -0.15) is 0 Å². The molecule has 0 radical (unpaired) electrons. The molecule has 5 heteroatoms. The number of likely N-dealkylation sites (N-methyl/N-ethyl adjacent to an activating group) is 1. The molecule has 1 saturated heterocycles.